The third-order valence-corrected chi connectivity index (χ3v) is 4.60. The molecule has 0 aromatic carbocycles. The lowest BCUT2D eigenvalue weighted by atomic mass is 10.3. The first kappa shape index (κ1) is 12.3. The van der Waals surface area contributed by atoms with Crippen molar-refractivity contribution in [2.45, 2.75) is 12.3 Å². The average Bonchev–Trinajstić information content (AvgIpc) is 2.46. The van der Waals surface area contributed by atoms with Gasteiger partial charge in [0, 0.05) is 15.9 Å². The molecule has 14 heavy (non-hydrogen) atoms. The molecule has 6 heteroatoms. The Bertz CT molecular complexity index is 323. The van der Waals surface area contributed by atoms with Crippen LogP contribution in [0.1, 0.15) is 17.2 Å². The minimum Gasteiger partial charge on any atom is -0.355 e. The van der Waals surface area contributed by atoms with E-state index in [9.17, 15) is 4.79 Å². The number of amides is 1. The highest BCUT2D eigenvalue weighted by Gasteiger charge is 2.20. The van der Waals surface area contributed by atoms with Crippen LogP contribution in [0.3, 0.4) is 0 Å². The largest absolute Gasteiger partial charge is 0.355 e. The van der Waals surface area contributed by atoms with Crippen LogP contribution in [0.15, 0.2) is 10.5 Å². The van der Waals surface area contributed by atoms with Gasteiger partial charge in [0.05, 0.1) is 0 Å². The van der Waals surface area contributed by atoms with Gasteiger partial charge in [0.25, 0.3) is 0 Å². The molecule has 0 fully saturated rings. The lowest BCUT2D eigenvalue weighted by Gasteiger charge is -2.06. The number of nitrogens with one attached hydrogen (secondary N) is 1. The average molecular weight is 317 g/mol. The molecule has 0 saturated heterocycles. The molecule has 2 nitrogen and oxygen atoms in total. The van der Waals surface area contributed by atoms with Gasteiger partial charge in [-0.25, -0.2) is 0 Å². The quantitative estimate of drug-likeness (QED) is 0.848. The lowest BCUT2D eigenvalue weighted by Crippen LogP contribution is -2.25. The van der Waals surface area contributed by atoms with E-state index in [2.05, 4.69) is 21.2 Å². The topological polar surface area (TPSA) is 29.1 Å². The van der Waals surface area contributed by atoms with Crippen molar-refractivity contribution >= 4 is 56.4 Å². The molecule has 0 spiro atoms. The second kappa shape index (κ2) is 5.35. The van der Waals surface area contributed by atoms with E-state index in [0.717, 1.165) is 9.35 Å². The SMILES string of the molecule is CCNC(=O)C(Cl)c1cc(Br)c(Cl)s1. The Kier molecular flexibility index (Phi) is 4.70. The van der Waals surface area contributed by atoms with Gasteiger partial charge in [-0.15, -0.1) is 22.9 Å². The van der Waals surface area contributed by atoms with Crippen molar-refractivity contribution < 1.29 is 4.79 Å². The predicted octanol–water partition coefficient (Wildman–Crippen LogP) is 3.58. The molecule has 1 atom stereocenters. The fourth-order valence-corrected chi connectivity index (χ4v) is 2.87. The standard InChI is InChI=1S/C8H8BrCl2NOS/c1-2-12-8(13)6(10)5-3-4(9)7(11)14-5/h3,6H,2H2,1H3,(H,12,13). The number of alkyl halides is 1. The maximum atomic E-state index is 11.4. The van der Waals surface area contributed by atoms with Crippen molar-refractivity contribution in [1.82, 2.24) is 5.32 Å². The molecular formula is C8H8BrCl2NOS. The van der Waals surface area contributed by atoms with Gasteiger partial charge in [-0.3, -0.25) is 4.79 Å². The maximum Gasteiger partial charge on any atom is 0.243 e. The molecule has 1 heterocycles. The molecule has 1 N–H and O–H groups in total. The minimum atomic E-state index is -0.663. The Labute approximate surface area is 105 Å². The molecule has 0 saturated carbocycles. The Morgan fingerprint density at radius 3 is 2.86 bits per heavy atom. The highest BCUT2D eigenvalue weighted by molar-refractivity contribution is 9.10. The van der Waals surface area contributed by atoms with Gasteiger partial charge in [-0.1, -0.05) is 11.6 Å². The molecule has 0 radical (unpaired) electrons. The van der Waals surface area contributed by atoms with Gasteiger partial charge in [-0.2, -0.15) is 0 Å². The molecule has 0 aliphatic rings. The van der Waals surface area contributed by atoms with Crippen molar-refractivity contribution in [3.8, 4) is 0 Å². The fourth-order valence-electron chi connectivity index (χ4n) is 0.881. The summed E-state index contributed by atoms with van der Waals surface area (Å²) in [7, 11) is 0. The third kappa shape index (κ3) is 2.86. The van der Waals surface area contributed by atoms with Gasteiger partial charge in [0.2, 0.25) is 5.91 Å². The highest BCUT2D eigenvalue weighted by atomic mass is 79.9. The van der Waals surface area contributed by atoms with Crippen LogP contribution in [0.25, 0.3) is 0 Å². The molecular weight excluding hydrogens is 309 g/mol. The Hall–Kier alpha value is 0.230. The minimum absolute atomic E-state index is 0.195. The Morgan fingerprint density at radius 2 is 2.43 bits per heavy atom. The Balaban J connectivity index is 2.78. The second-order valence-corrected chi connectivity index (χ2v) is 5.50. The number of hydrogen-bond acceptors (Lipinski definition) is 2. The fraction of sp³-hybridized carbons (Fsp3) is 0.375. The van der Waals surface area contributed by atoms with Crippen molar-refractivity contribution in [2.75, 3.05) is 6.54 Å². The molecule has 1 unspecified atom stereocenters. The zero-order valence-corrected chi connectivity index (χ0v) is 11.2. The van der Waals surface area contributed by atoms with Crippen molar-refractivity contribution in [1.29, 1.82) is 0 Å². The maximum absolute atomic E-state index is 11.4. The number of likely N-dealkylation sites (N-methyl/N-ethyl adjacent to an activating group) is 1. The van der Waals surface area contributed by atoms with Crippen LogP contribution in [0.2, 0.25) is 4.34 Å². The van der Waals surface area contributed by atoms with Crippen LogP contribution in [0, 0.1) is 0 Å². The monoisotopic (exact) mass is 315 g/mol. The summed E-state index contributed by atoms with van der Waals surface area (Å²) >= 11 is 16.3. The summed E-state index contributed by atoms with van der Waals surface area (Å²) in [6.07, 6.45) is 0. The van der Waals surface area contributed by atoms with E-state index in [4.69, 9.17) is 23.2 Å². The first-order chi connectivity index (χ1) is 6.56. The van der Waals surface area contributed by atoms with Crippen molar-refractivity contribution in [3.05, 3.63) is 19.8 Å². The van der Waals surface area contributed by atoms with Gasteiger partial charge >= 0.3 is 0 Å². The summed E-state index contributed by atoms with van der Waals surface area (Å²) in [5, 5.41) is 1.99. The first-order valence-electron chi connectivity index (χ1n) is 3.92. The van der Waals surface area contributed by atoms with E-state index >= 15 is 0 Å². The van der Waals surface area contributed by atoms with Crippen LogP contribution >= 0.6 is 50.5 Å². The van der Waals surface area contributed by atoms with Crippen LogP contribution in [0.4, 0.5) is 0 Å². The number of rotatable bonds is 3. The van der Waals surface area contributed by atoms with Crippen molar-refractivity contribution in [2.24, 2.45) is 0 Å². The summed E-state index contributed by atoms with van der Waals surface area (Å²) in [6.45, 7) is 2.42. The first-order valence-corrected chi connectivity index (χ1v) is 6.35. The smallest absolute Gasteiger partial charge is 0.243 e. The molecule has 1 rings (SSSR count). The lowest BCUT2D eigenvalue weighted by molar-refractivity contribution is -0.120. The van der Waals surface area contributed by atoms with E-state index < -0.39 is 5.38 Å². The van der Waals surface area contributed by atoms with Gasteiger partial charge in [-0.05, 0) is 28.9 Å². The zero-order valence-electron chi connectivity index (χ0n) is 7.31. The van der Waals surface area contributed by atoms with Gasteiger partial charge in [0.1, 0.15) is 9.71 Å². The number of hydrogen-bond donors (Lipinski definition) is 1. The highest BCUT2D eigenvalue weighted by Crippen LogP contribution is 2.37. The van der Waals surface area contributed by atoms with Crippen LogP contribution in [-0.4, -0.2) is 12.5 Å². The molecule has 78 valence electrons. The summed E-state index contributed by atoms with van der Waals surface area (Å²) in [6, 6.07) is 1.76. The van der Waals surface area contributed by atoms with Crippen molar-refractivity contribution in [3.63, 3.8) is 0 Å². The number of carbonyl (C=O) groups is 1. The van der Waals surface area contributed by atoms with E-state index in [1.165, 1.54) is 11.3 Å². The number of carbonyl (C=O) groups excluding carboxylic acids is 1. The molecule has 1 aromatic rings. The zero-order chi connectivity index (χ0) is 10.7. The van der Waals surface area contributed by atoms with Crippen LogP contribution in [0.5, 0.6) is 0 Å². The summed E-state index contributed by atoms with van der Waals surface area (Å²) in [4.78, 5) is 12.1. The van der Waals surface area contributed by atoms with Gasteiger partial charge in [0.15, 0.2) is 0 Å². The number of halogens is 3. The summed E-state index contributed by atoms with van der Waals surface area (Å²) in [5.74, 6) is -0.195. The summed E-state index contributed by atoms with van der Waals surface area (Å²) in [5.41, 5.74) is 0. The third-order valence-electron chi connectivity index (χ3n) is 1.50. The number of thiophene rings is 1. The van der Waals surface area contributed by atoms with Crippen LogP contribution in [-0.2, 0) is 4.79 Å². The Morgan fingerprint density at radius 1 is 1.79 bits per heavy atom. The molecule has 0 aliphatic carbocycles. The van der Waals surface area contributed by atoms with E-state index in [1.54, 1.807) is 6.07 Å². The van der Waals surface area contributed by atoms with E-state index in [-0.39, 0.29) is 5.91 Å². The molecule has 0 aliphatic heterocycles. The molecule has 1 amide bonds. The van der Waals surface area contributed by atoms with Crippen LogP contribution < -0.4 is 5.32 Å². The molecule has 0 bridgehead atoms. The predicted molar refractivity (Wildman–Crippen MR) is 64.3 cm³/mol. The molecule has 1 aromatic heterocycles. The van der Waals surface area contributed by atoms with E-state index in [1.807, 2.05) is 6.92 Å². The normalized spacial score (nSPS) is 12.6. The van der Waals surface area contributed by atoms with Gasteiger partial charge < -0.3 is 5.32 Å². The summed E-state index contributed by atoms with van der Waals surface area (Å²) < 4.78 is 1.38. The van der Waals surface area contributed by atoms with E-state index in [0.29, 0.717) is 10.9 Å². The second-order valence-electron chi connectivity index (χ2n) is 2.53.